The highest BCUT2D eigenvalue weighted by Crippen LogP contribution is 2.36. The van der Waals surface area contributed by atoms with Crippen molar-refractivity contribution in [3.05, 3.63) is 58.4 Å². The molecule has 2 amide bonds. The van der Waals surface area contributed by atoms with Gasteiger partial charge in [-0.15, -0.1) is 0 Å². The molecule has 0 bridgehead atoms. The van der Waals surface area contributed by atoms with E-state index in [9.17, 15) is 18.0 Å². The third kappa shape index (κ3) is 7.36. The quantitative estimate of drug-likeness (QED) is 0.291. The summed E-state index contributed by atoms with van der Waals surface area (Å²) in [6.45, 7) is 8.54. The molecule has 1 aliphatic carbocycles. The summed E-state index contributed by atoms with van der Waals surface area (Å²) in [6, 6.07) is 7.68. The first-order valence-corrected chi connectivity index (χ1v) is 13.9. The number of benzene rings is 2. The molecule has 2 fully saturated rings. The molecule has 41 heavy (non-hydrogen) atoms. The monoisotopic (exact) mass is 588 g/mol. The van der Waals surface area contributed by atoms with Crippen LogP contribution in [0.2, 0.25) is 5.02 Å². The number of carbonyl (C=O) groups excluding carboxylic acids is 1. The van der Waals surface area contributed by atoms with Crippen molar-refractivity contribution < 1.29 is 18.0 Å². The van der Waals surface area contributed by atoms with Gasteiger partial charge in [-0.1, -0.05) is 24.1 Å². The van der Waals surface area contributed by atoms with E-state index >= 15 is 0 Å². The summed E-state index contributed by atoms with van der Waals surface area (Å²) < 4.78 is 39.5. The van der Waals surface area contributed by atoms with Crippen molar-refractivity contribution in [2.24, 2.45) is 5.92 Å². The molecule has 2 aromatic carbocycles. The Kier molecular flexibility index (Phi) is 8.50. The molecule has 1 aromatic heterocycles. The lowest BCUT2D eigenvalue weighted by molar-refractivity contribution is -0.137. The van der Waals surface area contributed by atoms with E-state index in [0.717, 1.165) is 49.8 Å². The maximum absolute atomic E-state index is 13.2. The third-order valence-electron chi connectivity index (χ3n) is 7.40. The maximum Gasteiger partial charge on any atom is 0.417 e. The van der Waals surface area contributed by atoms with E-state index in [0.29, 0.717) is 29.1 Å². The lowest BCUT2D eigenvalue weighted by Gasteiger charge is -2.38. The summed E-state index contributed by atoms with van der Waals surface area (Å²) >= 11 is 5.66. The van der Waals surface area contributed by atoms with Gasteiger partial charge in [0.2, 0.25) is 11.9 Å². The van der Waals surface area contributed by atoms with Crippen LogP contribution >= 0.6 is 11.6 Å². The van der Waals surface area contributed by atoms with Crippen molar-refractivity contribution in [2.75, 3.05) is 53.6 Å². The SMILES string of the molecule is Cc1nc(Nc2cc(NC(=O)Nc3ccc(Cl)c(C(F)(F)F)c3)ccc2C)nc(N2CCN(CC3CCC3)CC2)n1. The molecule has 1 aliphatic heterocycles. The lowest BCUT2D eigenvalue weighted by Crippen LogP contribution is -2.49. The van der Waals surface area contributed by atoms with E-state index in [1.807, 2.05) is 13.8 Å². The van der Waals surface area contributed by atoms with Crippen LogP contribution in [0.5, 0.6) is 0 Å². The second kappa shape index (κ2) is 12.1. The topological polar surface area (TPSA) is 98.3 Å². The molecule has 0 atom stereocenters. The molecule has 5 rings (SSSR count). The van der Waals surface area contributed by atoms with E-state index in [2.05, 4.69) is 40.7 Å². The number of halogens is 4. The number of hydrogen-bond donors (Lipinski definition) is 3. The van der Waals surface area contributed by atoms with Gasteiger partial charge in [-0.25, -0.2) is 4.79 Å². The first-order valence-electron chi connectivity index (χ1n) is 13.6. The van der Waals surface area contributed by atoms with Gasteiger partial charge in [-0.2, -0.15) is 28.1 Å². The number of alkyl halides is 3. The molecular weight excluding hydrogens is 557 g/mol. The number of nitrogens with one attached hydrogen (secondary N) is 3. The molecule has 3 aromatic rings. The van der Waals surface area contributed by atoms with Gasteiger partial charge in [0.1, 0.15) is 5.82 Å². The number of aromatic nitrogens is 3. The minimum atomic E-state index is -4.64. The predicted octanol–water partition coefficient (Wildman–Crippen LogP) is 6.47. The normalized spacial score (nSPS) is 16.3. The highest BCUT2D eigenvalue weighted by atomic mass is 35.5. The molecular formula is C28H32ClF3N8O. The van der Waals surface area contributed by atoms with Gasteiger partial charge >= 0.3 is 12.2 Å². The Morgan fingerprint density at radius 2 is 1.66 bits per heavy atom. The molecule has 3 N–H and O–H groups in total. The first-order chi connectivity index (χ1) is 19.5. The zero-order valence-electron chi connectivity index (χ0n) is 22.9. The van der Waals surface area contributed by atoms with Crippen molar-refractivity contribution in [1.82, 2.24) is 19.9 Å². The van der Waals surface area contributed by atoms with Crippen LogP contribution in [-0.4, -0.2) is 58.6 Å². The number of urea groups is 1. The number of anilines is 5. The van der Waals surface area contributed by atoms with Gasteiger partial charge in [0.05, 0.1) is 10.6 Å². The van der Waals surface area contributed by atoms with Crippen molar-refractivity contribution in [3.63, 3.8) is 0 Å². The number of hydrogen-bond acceptors (Lipinski definition) is 7. The zero-order chi connectivity index (χ0) is 29.1. The summed E-state index contributed by atoms with van der Waals surface area (Å²) in [7, 11) is 0. The molecule has 2 aliphatic rings. The predicted molar refractivity (Wildman–Crippen MR) is 154 cm³/mol. The number of carbonyl (C=O) groups is 1. The summed E-state index contributed by atoms with van der Waals surface area (Å²) in [5.41, 5.74) is 0.903. The Bertz CT molecular complexity index is 1410. The van der Waals surface area contributed by atoms with Crippen molar-refractivity contribution in [1.29, 1.82) is 0 Å². The Balaban J connectivity index is 1.23. The van der Waals surface area contributed by atoms with Gasteiger partial charge < -0.3 is 20.9 Å². The third-order valence-corrected chi connectivity index (χ3v) is 7.73. The fourth-order valence-corrected chi connectivity index (χ4v) is 5.13. The number of rotatable bonds is 7. The largest absolute Gasteiger partial charge is 0.417 e. The van der Waals surface area contributed by atoms with Crippen LogP contribution < -0.4 is 20.9 Å². The highest BCUT2D eigenvalue weighted by molar-refractivity contribution is 6.31. The average Bonchev–Trinajstić information content (AvgIpc) is 2.89. The molecule has 218 valence electrons. The summed E-state index contributed by atoms with van der Waals surface area (Å²) in [4.78, 5) is 30.9. The van der Waals surface area contributed by atoms with Gasteiger partial charge in [-0.3, -0.25) is 4.90 Å². The summed E-state index contributed by atoms with van der Waals surface area (Å²) in [6.07, 6.45) is -0.604. The standard InChI is InChI=1S/C28H32ClF3N8O/c1-17-6-7-21(36-27(41)35-20-8-9-23(29)22(14-20)28(30,31)32)15-24(17)37-25-33-18(2)34-26(38-25)40-12-10-39(11-13-40)16-19-4-3-5-19/h6-9,14-15,19H,3-5,10-13,16H2,1-2H3,(H2,35,36,41)(H,33,34,37,38). The lowest BCUT2D eigenvalue weighted by atomic mass is 9.85. The molecule has 1 saturated carbocycles. The van der Waals surface area contributed by atoms with Gasteiger partial charge in [-0.05, 0) is 68.5 Å². The second-order valence-electron chi connectivity index (χ2n) is 10.5. The average molecular weight is 589 g/mol. The van der Waals surface area contributed by atoms with Crippen LogP contribution in [0.3, 0.4) is 0 Å². The van der Waals surface area contributed by atoms with Crippen LogP contribution in [0.15, 0.2) is 36.4 Å². The molecule has 1 saturated heterocycles. The van der Waals surface area contributed by atoms with Crippen molar-refractivity contribution in [2.45, 2.75) is 39.3 Å². The van der Waals surface area contributed by atoms with Crippen LogP contribution in [0.1, 0.15) is 36.2 Å². The molecule has 13 heteroatoms. The Morgan fingerprint density at radius 1 is 0.976 bits per heavy atom. The molecule has 0 spiro atoms. The minimum absolute atomic E-state index is 0.0400. The van der Waals surface area contributed by atoms with E-state index in [1.165, 1.54) is 31.9 Å². The van der Waals surface area contributed by atoms with E-state index in [-0.39, 0.29) is 5.69 Å². The van der Waals surface area contributed by atoms with E-state index in [1.54, 1.807) is 18.2 Å². The second-order valence-corrected chi connectivity index (χ2v) is 10.9. The van der Waals surface area contributed by atoms with Crippen LogP contribution in [0.4, 0.5) is 46.9 Å². The minimum Gasteiger partial charge on any atom is -0.338 e. The Morgan fingerprint density at radius 3 is 2.32 bits per heavy atom. The van der Waals surface area contributed by atoms with E-state index in [4.69, 9.17) is 11.6 Å². The maximum atomic E-state index is 13.2. The Labute approximate surface area is 241 Å². The molecule has 0 unspecified atom stereocenters. The highest BCUT2D eigenvalue weighted by Gasteiger charge is 2.33. The van der Waals surface area contributed by atoms with E-state index < -0.39 is 22.8 Å². The van der Waals surface area contributed by atoms with Crippen LogP contribution in [-0.2, 0) is 6.18 Å². The summed E-state index contributed by atoms with van der Waals surface area (Å²) in [5, 5.41) is 7.84. The molecule has 2 heterocycles. The van der Waals surface area contributed by atoms with Gasteiger partial charge in [0.25, 0.3) is 0 Å². The number of nitrogens with zero attached hydrogens (tertiary/aromatic N) is 5. The Hall–Kier alpha value is -3.64. The first kappa shape index (κ1) is 28.9. The van der Waals surface area contributed by atoms with Gasteiger partial charge in [0.15, 0.2) is 0 Å². The smallest absolute Gasteiger partial charge is 0.338 e. The number of piperazine rings is 1. The fourth-order valence-electron chi connectivity index (χ4n) is 4.90. The molecule has 0 radical (unpaired) electrons. The summed E-state index contributed by atoms with van der Waals surface area (Å²) in [5.74, 6) is 2.43. The fraction of sp³-hybridized carbons (Fsp3) is 0.429. The number of amides is 2. The van der Waals surface area contributed by atoms with Crippen molar-refractivity contribution >= 4 is 46.6 Å². The molecule has 9 nitrogen and oxygen atoms in total. The van der Waals surface area contributed by atoms with Crippen molar-refractivity contribution in [3.8, 4) is 0 Å². The number of aryl methyl sites for hydroxylation is 2. The van der Waals surface area contributed by atoms with Crippen LogP contribution in [0.25, 0.3) is 0 Å². The zero-order valence-corrected chi connectivity index (χ0v) is 23.6. The van der Waals surface area contributed by atoms with Crippen LogP contribution in [0, 0.1) is 19.8 Å². The van der Waals surface area contributed by atoms with Gasteiger partial charge in [0, 0.05) is 49.8 Å².